The fourth-order valence-electron chi connectivity index (χ4n) is 1.34. The van der Waals surface area contributed by atoms with Gasteiger partial charge in [-0.1, -0.05) is 0 Å². The van der Waals surface area contributed by atoms with Gasteiger partial charge >= 0.3 is 5.97 Å². The van der Waals surface area contributed by atoms with E-state index in [0.717, 1.165) is 5.69 Å². The van der Waals surface area contributed by atoms with Crippen molar-refractivity contribution in [1.82, 2.24) is 9.97 Å². The first kappa shape index (κ1) is 21.1. The normalized spacial score (nSPS) is 17.1. The molecule has 1 aromatic heterocycles. The number of carbonyl (C=O) groups excluding carboxylic acids is 1. The van der Waals surface area contributed by atoms with Crippen molar-refractivity contribution >= 4 is 12.3 Å². The molecule has 1 heterocycles. The van der Waals surface area contributed by atoms with Crippen molar-refractivity contribution in [2.75, 3.05) is 6.61 Å². The standard InChI is InChI=1S/C6H9N3O2.C6H12O6/c7-5(6(10)11)1-4-2-8-3-9-4;7-1-3(9)5(11)6(12)4(10)2-8/h2-3,5H,1,7H2,(H,8,9)(H,10,11);1,3-6,8-12H,2H2/t5-;3-,4+,5+,6+/m00/s1. The molecule has 1 rings (SSSR count). The van der Waals surface area contributed by atoms with Gasteiger partial charge in [0.05, 0.1) is 12.9 Å². The Morgan fingerprint density at radius 2 is 1.91 bits per heavy atom. The van der Waals surface area contributed by atoms with Gasteiger partial charge in [-0.15, -0.1) is 0 Å². The molecule has 0 unspecified atom stereocenters. The summed E-state index contributed by atoms with van der Waals surface area (Å²) in [5, 5.41) is 52.0. The number of carboxylic acids is 1. The summed E-state index contributed by atoms with van der Waals surface area (Å²) in [6.07, 6.45) is -3.50. The molecule has 0 bridgehead atoms. The lowest BCUT2D eigenvalue weighted by Crippen LogP contribution is -2.46. The van der Waals surface area contributed by atoms with E-state index in [1.54, 1.807) is 6.20 Å². The van der Waals surface area contributed by atoms with Crippen LogP contribution in [0.2, 0.25) is 0 Å². The van der Waals surface area contributed by atoms with Gasteiger partial charge in [0.1, 0.15) is 30.5 Å². The summed E-state index contributed by atoms with van der Waals surface area (Å²) in [7, 11) is 0. The molecule has 11 nitrogen and oxygen atoms in total. The highest BCUT2D eigenvalue weighted by Gasteiger charge is 2.29. The lowest BCUT2D eigenvalue weighted by Gasteiger charge is -2.22. The van der Waals surface area contributed by atoms with E-state index in [2.05, 4.69) is 9.97 Å². The van der Waals surface area contributed by atoms with Gasteiger partial charge in [-0.2, -0.15) is 0 Å². The Kier molecular flexibility index (Phi) is 9.89. The Bertz CT molecular complexity index is 455. The van der Waals surface area contributed by atoms with E-state index in [1.807, 2.05) is 0 Å². The molecule has 0 radical (unpaired) electrons. The van der Waals surface area contributed by atoms with Crippen molar-refractivity contribution in [2.45, 2.75) is 36.9 Å². The molecule has 0 fully saturated rings. The van der Waals surface area contributed by atoms with Gasteiger partial charge in [-0.05, 0) is 0 Å². The lowest BCUT2D eigenvalue weighted by atomic mass is 10.0. The number of aliphatic hydroxyl groups is 5. The maximum atomic E-state index is 10.3. The predicted molar refractivity (Wildman–Crippen MR) is 75.1 cm³/mol. The molecular formula is C12H21N3O8. The van der Waals surface area contributed by atoms with Crippen LogP contribution in [0.4, 0.5) is 0 Å². The fourth-order valence-corrected chi connectivity index (χ4v) is 1.34. The molecule has 132 valence electrons. The van der Waals surface area contributed by atoms with Gasteiger partial charge in [0.15, 0.2) is 6.29 Å². The second kappa shape index (κ2) is 10.8. The van der Waals surface area contributed by atoms with Gasteiger partial charge < -0.3 is 46.2 Å². The quantitative estimate of drug-likeness (QED) is 0.216. The number of rotatable bonds is 8. The first-order valence-electron chi connectivity index (χ1n) is 6.48. The number of H-pyrrole nitrogens is 1. The molecule has 9 N–H and O–H groups in total. The maximum absolute atomic E-state index is 10.3. The minimum absolute atomic E-state index is 0.0258. The molecule has 0 spiro atoms. The van der Waals surface area contributed by atoms with E-state index in [4.69, 9.17) is 36.4 Å². The predicted octanol–water partition coefficient (Wildman–Crippen LogP) is -4.01. The lowest BCUT2D eigenvalue weighted by molar-refractivity contribution is -0.138. The van der Waals surface area contributed by atoms with Crippen LogP contribution in [0, 0.1) is 0 Å². The number of hydrogen-bond donors (Lipinski definition) is 8. The number of imidazole rings is 1. The molecular weight excluding hydrogens is 314 g/mol. The summed E-state index contributed by atoms with van der Waals surface area (Å²) in [5.41, 5.74) is 6.00. The largest absolute Gasteiger partial charge is 0.480 e. The third kappa shape index (κ3) is 7.78. The summed E-state index contributed by atoms with van der Waals surface area (Å²) in [4.78, 5) is 26.7. The molecule has 5 atom stereocenters. The second-order valence-corrected chi connectivity index (χ2v) is 4.58. The number of nitrogens with two attached hydrogens (primary N) is 1. The Morgan fingerprint density at radius 1 is 1.30 bits per heavy atom. The van der Waals surface area contributed by atoms with Crippen LogP contribution in [-0.2, 0) is 16.0 Å². The summed E-state index contributed by atoms with van der Waals surface area (Å²) in [6, 6.07) is -0.851. The zero-order chi connectivity index (χ0) is 18.0. The highest BCUT2D eigenvalue weighted by Crippen LogP contribution is 2.03. The molecule has 23 heavy (non-hydrogen) atoms. The van der Waals surface area contributed by atoms with Crippen LogP contribution in [-0.4, -0.2) is 89.9 Å². The van der Waals surface area contributed by atoms with Crippen molar-refractivity contribution in [3.05, 3.63) is 18.2 Å². The number of aromatic nitrogens is 2. The van der Waals surface area contributed by atoms with Crippen LogP contribution in [0.5, 0.6) is 0 Å². The summed E-state index contributed by atoms with van der Waals surface area (Å²) < 4.78 is 0. The number of nitrogens with zero attached hydrogens (tertiary/aromatic N) is 1. The fraction of sp³-hybridized carbons (Fsp3) is 0.583. The van der Waals surface area contributed by atoms with Crippen LogP contribution in [0.3, 0.4) is 0 Å². The van der Waals surface area contributed by atoms with Crippen molar-refractivity contribution in [1.29, 1.82) is 0 Å². The van der Waals surface area contributed by atoms with E-state index in [1.165, 1.54) is 6.33 Å². The number of aldehydes is 1. The smallest absolute Gasteiger partial charge is 0.320 e. The number of aromatic amines is 1. The first-order chi connectivity index (χ1) is 10.7. The van der Waals surface area contributed by atoms with Crippen LogP contribution in [0.15, 0.2) is 12.5 Å². The molecule has 11 heteroatoms. The van der Waals surface area contributed by atoms with Gasteiger partial charge in [-0.25, -0.2) is 4.98 Å². The van der Waals surface area contributed by atoms with Crippen LogP contribution in [0.1, 0.15) is 5.69 Å². The van der Waals surface area contributed by atoms with Crippen molar-refractivity contribution in [3.63, 3.8) is 0 Å². The zero-order valence-electron chi connectivity index (χ0n) is 12.1. The van der Waals surface area contributed by atoms with Crippen LogP contribution >= 0.6 is 0 Å². The summed E-state index contributed by atoms with van der Waals surface area (Å²) in [6.45, 7) is -0.760. The van der Waals surface area contributed by atoms with Crippen LogP contribution in [0.25, 0.3) is 0 Å². The average molecular weight is 335 g/mol. The van der Waals surface area contributed by atoms with Crippen molar-refractivity contribution in [2.24, 2.45) is 5.73 Å². The Labute approximate surface area is 131 Å². The van der Waals surface area contributed by atoms with Crippen LogP contribution < -0.4 is 5.73 Å². The van der Waals surface area contributed by atoms with Gasteiger partial charge in [0.2, 0.25) is 0 Å². The third-order valence-electron chi connectivity index (χ3n) is 2.73. The van der Waals surface area contributed by atoms with E-state index >= 15 is 0 Å². The molecule has 1 aromatic rings. The molecule has 0 saturated carbocycles. The highest BCUT2D eigenvalue weighted by atomic mass is 16.4. The van der Waals surface area contributed by atoms with E-state index in [9.17, 15) is 9.59 Å². The number of aliphatic carboxylic acids is 1. The Hall–Kier alpha value is -1.89. The third-order valence-corrected chi connectivity index (χ3v) is 2.73. The van der Waals surface area contributed by atoms with Gasteiger partial charge in [0.25, 0.3) is 0 Å². The second-order valence-electron chi connectivity index (χ2n) is 4.58. The number of hydrogen-bond acceptors (Lipinski definition) is 9. The summed E-state index contributed by atoms with van der Waals surface area (Å²) in [5.74, 6) is -1.00. The molecule has 0 aliphatic heterocycles. The number of carboxylic acid groups (broad SMARTS) is 1. The van der Waals surface area contributed by atoms with Crippen molar-refractivity contribution in [3.8, 4) is 0 Å². The zero-order valence-corrected chi connectivity index (χ0v) is 12.1. The minimum atomic E-state index is -1.79. The summed E-state index contributed by atoms with van der Waals surface area (Å²) >= 11 is 0. The average Bonchev–Trinajstić information content (AvgIpc) is 3.05. The van der Waals surface area contributed by atoms with Gasteiger partial charge in [0, 0.05) is 18.3 Å². The highest BCUT2D eigenvalue weighted by molar-refractivity contribution is 5.73. The topological polar surface area (TPSA) is 210 Å². The van der Waals surface area contributed by atoms with Crippen molar-refractivity contribution < 1.29 is 40.2 Å². The SMILES string of the molecule is N[C@@H](Cc1cnc[nH]1)C(=O)O.O=C[C@H](O)[C@@H](O)[C@H](O)[C@H](O)CO. The Balaban J connectivity index is 0.000000422. The molecule has 0 aliphatic rings. The number of carbonyl (C=O) groups is 2. The number of nitrogens with one attached hydrogen (secondary N) is 1. The molecule has 0 aromatic carbocycles. The molecule has 0 saturated heterocycles. The van der Waals surface area contributed by atoms with Gasteiger partial charge in [-0.3, -0.25) is 4.79 Å². The molecule has 0 aliphatic carbocycles. The maximum Gasteiger partial charge on any atom is 0.320 e. The Morgan fingerprint density at radius 3 is 2.30 bits per heavy atom. The minimum Gasteiger partial charge on any atom is -0.480 e. The monoisotopic (exact) mass is 335 g/mol. The van der Waals surface area contributed by atoms with E-state index < -0.39 is 43.0 Å². The molecule has 0 amide bonds. The van der Waals surface area contributed by atoms with E-state index in [0.29, 0.717) is 0 Å². The van der Waals surface area contributed by atoms with E-state index in [-0.39, 0.29) is 12.7 Å². The number of aliphatic hydroxyl groups excluding tert-OH is 5. The first-order valence-corrected chi connectivity index (χ1v) is 6.48.